The Labute approximate surface area is 97.0 Å². The average Bonchev–Trinajstić information content (AvgIpc) is 2.82. The van der Waals surface area contributed by atoms with Gasteiger partial charge in [-0.3, -0.25) is 0 Å². The van der Waals surface area contributed by atoms with Gasteiger partial charge in [0.15, 0.2) is 5.65 Å². The molecule has 17 heavy (non-hydrogen) atoms. The Hall–Kier alpha value is -2.74. The van der Waals surface area contributed by atoms with Crippen LogP contribution in [0, 0.1) is 11.3 Å². The lowest BCUT2D eigenvalue weighted by atomic mass is 10.2. The summed E-state index contributed by atoms with van der Waals surface area (Å²) in [5, 5.41) is 16.8. The molecule has 0 aliphatic heterocycles. The van der Waals surface area contributed by atoms with E-state index in [4.69, 9.17) is 5.26 Å². The third kappa shape index (κ3) is 1.52. The number of nitriles is 1. The van der Waals surface area contributed by atoms with Crippen LogP contribution in [0.25, 0.3) is 16.9 Å². The number of hydrogen-bond acceptors (Lipinski definition) is 4. The molecule has 2 aromatic heterocycles. The second kappa shape index (κ2) is 3.68. The minimum absolute atomic E-state index is 0.460. The van der Waals surface area contributed by atoms with Crippen LogP contribution < -0.4 is 0 Å². The quantitative estimate of drug-likeness (QED) is 0.626. The zero-order valence-electron chi connectivity index (χ0n) is 8.78. The Bertz CT molecular complexity index is 709. The van der Waals surface area contributed by atoms with Crippen molar-refractivity contribution in [2.75, 3.05) is 0 Å². The summed E-state index contributed by atoms with van der Waals surface area (Å²) in [7, 11) is 0. The predicted octanol–water partition coefficient (Wildman–Crippen LogP) is 1.66. The number of fused-ring (bicyclic) bond motifs is 1. The molecule has 0 bridgehead atoms. The number of hydrogen-bond donors (Lipinski definition) is 0. The van der Waals surface area contributed by atoms with Gasteiger partial charge in [-0.2, -0.15) is 5.26 Å². The van der Waals surface area contributed by atoms with E-state index in [2.05, 4.69) is 15.3 Å². The van der Waals surface area contributed by atoms with Crippen molar-refractivity contribution >= 4 is 5.65 Å². The molecular formula is C12H7N5. The topological polar surface area (TPSA) is 66.9 Å². The van der Waals surface area contributed by atoms with Gasteiger partial charge in [0.1, 0.15) is 11.8 Å². The van der Waals surface area contributed by atoms with Crippen LogP contribution in [0.4, 0.5) is 0 Å². The molecule has 0 saturated heterocycles. The molecular weight excluding hydrogens is 214 g/mol. The predicted molar refractivity (Wildman–Crippen MR) is 60.9 cm³/mol. The van der Waals surface area contributed by atoms with E-state index in [-0.39, 0.29) is 0 Å². The molecule has 0 radical (unpaired) electrons. The van der Waals surface area contributed by atoms with Crippen molar-refractivity contribution in [2.45, 2.75) is 0 Å². The third-order valence-corrected chi connectivity index (χ3v) is 2.43. The van der Waals surface area contributed by atoms with Crippen molar-refractivity contribution in [2.24, 2.45) is 0 Å². The fourth-order valence-corrected chi connectivity index (χ4v) is 1.63. The maximum Gasteiger partial charge on any atom is 0.183 e. The average molecular weight is 221 g/mol. The van der Waals surface area contributed by atoms with Gasteiger partial charge < -0.3 is 0 Å². The van der Waals surface area contributed by atoms with Gasteiger partial charge in [0.05, 0.1) is 11.8 Å². The summed E-state index contributed by atoms with van der Waals surface area (Å²) >= 11 is 0. The van der Waals surface area contributed by atoms with Crippen LogP contribution in [0.15, 0.2) is 42.7 Å². The number of benzene rings is 1. The van der Waals surface area contributed by atoms with E-state index in [1.807, 2.05) is 36.4 Å². The molecule has 0 unspecified atom stereocenters. The SMILES string of the molecule is N#Cc1cnc2c(-c3ccccc3)nnn2c1. The fraction of sp³-hybridized carbons (Fsp3) is 0. The van der Waals surface area contributed by atoms with Gasteiger partial charge in [-0.25, -0.2) is 9.50 Å². The zero-order valence-corrected chi connectivity index (χ0v) is 8.78. The first-order valence-corrected chi connectivity index (χ1v) is 5.05. The van der Waals surface area contributed by atoms with Crippen LogP contribution in [0.3, 0.4) is 0 Å². The van der Waals surface area contributed by atoms with Gasteiger partial charge in [0, 0.05) is 11.8 Å². The van der Waals surface area contributed by atoms with Crippen LogP contribution in [-0.4, -0.2) is 19.8 Å². The zero-order chi connectivity index (χ0) is 11.7. The molecule has 0 spiro atoms. The van der Waals surface area contributed by atoms with Crippen LogP contribution in [0.5, 0.6) is 0 Å². The first kappa shape index (κ1) is 9.48. The van der Waals surface area contributed by atoms with E-state index < -0.39 is 0 Å². The minimum Gasteiger partial charge on any atom is -0.234 e. The van der Waals surface area contributed by atoms with E-state index in [0.717, 1.165) is 11.3 Å². The lowest BCUT2D eigenvalue weighted by molar-refractivity contribution is 0.845. The number of nitrogens with zero attached hydrogens (tertiary/aromatic N) is 5. The molecule has 0 amide bonds. The standard InChI is InChI=1S/C12H7N5/c13-6-9-7-14-12-11(15-16-17(12)8-9)10-4-2-1-3-5-10/h1-5,7-8H. The highest BCUT2D eigenvalue weighted by Crippen LogP contribution is 2.19. The maximum absolute atomic E-state index is 8.77. The van der Waals surface area contributed by atoms with Gasteiger partial charge in [0.25, 0.3) is 0 Å². The van der Waals surface area contributed by atoms with Gasteiger partial charge in [-0.15, -0.1) is 5.10 Å². The Balaban J connectivity index is 2.23. The molecule has 2 heterocycles. The van der Waals surface area contributed by atoms with Crippen LogP contribution in [0.2, 0.25) is 0 Å². The first-order valence-electron chi connectivity index (χ1n) is 5.05. The summed E-state index contributed by atoms with van der Waals surface area (Å²) in [6, 6.07) is 11.7. The summed E-state index contributed by atoms with van der Waals surface area (Å²) in [6.45, 7) is 0. The van der Waals surface area contributed by atoms with Crippen molar-refractivity contribution in [1.82, 2.24) is 19.8 Å². The summed E-state index contributed by atoms with van der Waals surface area (Å²) in [4.78, 5) is 4.20. The van der Waals surface area contributed by atoms with Crippen molar-refractivity contribution < 1.29 is 0 Å². The van der Waals surface area contributed by atoms with Gasteiger partial charge in [-0.1, -0.05) is 35.5 Å². The van der Waals surface area contributed by atoms with Gasteiger partial charge in [0.2, 0.25) is 0 Å². The highest BCUT2D eigenvalue weighted by atomic mass is 15.4. The maximum atomic E-state index is 8.77. The second-order valence-corrected chi connectivity index (χ2v) is 3.53. The number of aromatic nitrogens is 4. The Morgan fingerprint density at radius 1 is 1.18 bits per heavy atom. The molecule has 0 aliphatic rings. The van der Waals surface area contributed by atoms with E-state index in [9.17, 15) is 0 Å². The van der Waals surface area contributed by atoms with Gasteiger partial charge >= 0.3 is 0 Å². The molecule has 3 aromatic rings. The fourth-order valence-electron chi connectivity index (χ4n) is 1.63. The molecule has 0 atom stereocenters. The third-order valence-electron chi connectivity index (χ3n) is 2.43. The summed E-state index contributed by atoms with van der Waals surface area (Å²) in [6.07, 6.45) is 3.13. The molecule has 5 heteroatoms. The molecule has 0 fully saturated rings. The molecule has 1 aromatic carbocycles. The van der Waals surface area contributed by atoms with Crippen LogP contribution >= 0.6 is 0 Å². The molecule has 5 nitrogen and oxygen atoms in total. The summed E-state index contributed by atoms with van der Waals surface area (Å²) in [5.41, 5.74) is 2.78. The molecule has 0 saturated carbocycles. The molecule has 0 N–H and O–H groups in total. The second-order valence-electron chi connectivity index (χ2n) is 3.53. The van der Waals surface area contributed by atoms with Crippen LogP contribution in [0.1, 0.15) is 5.56 Å². The Kier molecular flexibility index (Phi) is 2.06. The van der Waals surface area contributed by atoms with E-state index in [0.29, 0.717) is 11.2 Å². The molecule has 80 valence electrons. The highest BCUT2D eigenvalue weighted by Gasteiger charge is 2.09. The van der Waals surface area contributed by atoms with Crippen molar-refractivity contribution in [3.8, 4) is 17.3 Å². The lowest BCUT2D eigenvalue weighted by Crippen LogP contribution is -1.91. The number of rotatable bonds is 1. The Morgan fingerprint density at radius 2 is 2.00 bits per heavy atom. The normalized spacial score (nSPS) is 10.3. The summed E-state index contributed by atoms with van der Waals surface area (Å²) < 4.78 is 1.51. The lowest BCUT2D eigenvalue weighted by Gasteiger charge is -1.96. The molecule has 3 rings (SSSR count). The monoisotopic (exact) mass is 221 g/mol. The van der Waals surface area contributed by atoms with E-state index >= 15 is 0 Å². The minimum atomic E-state index is 0.460. The van der Waals surface area contributed by atoms with Crippen molar-refractivity contribution in [3.63, 3.8) is 0 Å². The van der Waals surface area contributed by atoms with Crippen LogP contribution in [-0.2, 0) is 0 Å². The molecule has 0 aliphatic carbocycles. The van der Waals surface area contributed by atoms with Crippen molar-refractivity contribution in [1.29, 1.82) is 5.26 Å². The smallest absolute Gasteiger partial charge is 0.183 e. The Morgan fingerprint density at radius 3 is 2.76 bits per heavy atom. The van der Waals surface area contributed by atoms with Crippen molar-refractivity contribution in [3.05, 3.63) is 48.3 Å². The van der Waals surface area contributed by atoms with E-state index in [1.54, 1.807) is 6.20 Å². The largest absolute Gasteiger partial charge is 0.234 e. The summed E-state index contributed by atoms with van der Waals surface area (Å²) in [5.74, 6) is 0. The van der Waals surface area contributed by atoms with E-state index in [1.165, 1.54) is 10.7 Å². The van der Waals surface area contributed by atoms with Gasteiger partial charge in [-0.05, 0) is 0 Å². The first-order chi connectivity index (χ1) is 8.38. The highest BCUT2D eigenvalue weighted by molar-refractivity contribution is 5.72.